The summed E-state index contributed by atoms with van der Waals surface area (Å²) >= 11 is 0. The Kier molecular flexibility index (Phi) is 5.21. The zero-order valence-corrected chi connectivity index (χ0v) is 9.37. The van der Waals surface area contributed by atoms with E-state index in [-0.39, 0.29) is 13.0 Å². The molecule has 0 radical (unpaired) electrons. The first-order chi connectivity index (χ1) is 7.29. The standard InChI is InChI=1S/C10H16N2O4/c1-4-7(13)12-10(2,3)9(16)11-6-5-8(14)15/h4H,1,5-6H2,2-3H3,(H,11,16)(H,12,13)(H,14,15). The molecule has 0 unspecified atom stereocenters. The zero-order valence-electron chi connectivity index (χ0n) is 9.37. The Morgan fingerprint density at radius 2 is 1.94 bits per heavy atom. The molecular weight excluding hydrogens is 212 g/mol. The Balaban J connectivity index is 4.18. The quantitative estimate of drug-likeness (QED) is 0.542. The number of carbonyl (C=O) groups excluding carboxylic acids is 2. The number of amides is 2. The zero-order chi connectivity index (χ0) is 12.8. The van der Waals surface area contributed by atoms with Gasteiger partial charge in [0.05, 0.1) is 6.42 Å². The Labute approximate surface area is 93.7 Å². The summed E-state index contributed by atoms with van der Waals surface area (Å²) in [5.74, 6) is -1.89. The molecule has 0 saturated heterocycles. The van der Waals surface area contributed by atoms with Crippen molar-refractivity contribution in [2.24, 2.45) is 0 Å². The minimum absolute atomic E-state index is 0.0293. The molecule has 6 heteroatoms. The summed E-state index contributed by atoms with van der Waals surface area (Å²) in [6.07, 6.45) is 0.906. The third-order valence-corrected chi connectivity index (χ3v) is 1.81. The Morgan fingerprint density at radius 1 is 1.38 bits per heavy atom. The SMILES string of the molecule is C=CC(=O)NC(C)(C)C(=O)NCCC(=O)O. The van der Waals surface area contributed by atoms with Crippen LogP contribution in [0.15, 0.2) is 12.7 Å². The largest absolute Gasteiger partial charge is 0.481 e. The lowest BCUT2D eigenvalue weighted by Crippen LogP contribution is -2.54. The van der Waals surface area contributed by atoms with Crippen molar-refractivity contribution in [3.63, 3.8) is 0 Å². The smallest absolute Gasteiger partial charge is 0.305 e. The van der Waals surface area contributed by atoms with Gasteiger partial charge in [-0.25, -0.2) is 0 Å². The average molecular weight is 228 g/mol. The molecule has 0 aliphatic rings. The van der Waals surface area contributed by atoms with E-state index in [2.05, 4.69) is 17.2 Å². The van der Waals surface area contributed by atoms with E-state index in [0.29, 0.717) is 0 Å². The molecule has 0 aliphatic heterocycles. The Hall–Kier alpha value is -1.85. The van der Waals surface area contributed by atoms with Crippen LogP contribution >= 0.6 is 0 Å². The van der Waals surface area contributed by atoms with Crippen LogP contribution < -0.4 is 10.6 Å². The topological polar surface area (TPSA) is 95.5 Å². The van der Waals surface area contributed by atoms with Gasteiger partial charge in [0.15, 0.2) is 0 Å². The number of carbonyl (C=O) groups is 3. The van der Waals surface area contributed by atoms with Gasteiger partial charge >= 0.3 is 5.97 Å². The number of nitrogens with one attached hydrogen (secondary N) is 2. The molecule has 0 aromatic rings. The molecule has 0 spiro atoms. The lowest BCUT2D eigenvalue weighted by Gasteiger charge is -2.24. The van der Waals surface area contributed by atoms with Crippen LogP contribution in [0.1, 0.15) is 20.3 Å². The highest BCUT2D eigenvalue weighted by Crippen LogP contribution is 2.01. The van der Waals surface area contributed by atoms with Crippen LogP contribution in [0.3, 0.4) is 0 Å². The Morgan fingerprint density at radius 3 is 2.38 bits per heavy atom. The van der Waals surface area contributed by atoms with Gasteiger partial charge in [-0.3, -0.25) is 14.4 Å². The number of carboxylic acids is 1. The van der Waals surface area contributed by atoms with Crippen molar-refractivity contribution in [2.75, 3.05) is 6.54 Å². The molecule has 0 rings (SSSR count). The number of rotatable bonds is 6. The molecule has 0 aromatic heterocycles. The minimum Gasteiger partial charge on any atom is -0.481 e. The summed E-state index contributed by atoms with van der Waals surface area (Å²) in [6.45, 7) is 6.33. The van der Waals surface area contributed by atoms with E-state index >= 15 is 0 Å². The van der Waals surface area contributed by atoms with Gasteiger partial charge in [0.25, 0.3) is 0 Å². The van der Waals surface area contributed by atoms with Crippen molar-refractivity contribution in [3.8, 4) is 0 Å². The van der Waals surface area contributed by atoms with Crippen LogP contribution in [-0.4, -0.2) is 35.0 Å². The van der Waals surface area contributed by atoms with Gasteiger partial charge in [0.2, 0.25) is 11.8 Å². The van der Waals surface area contributed by atoms with Crippen molar-refractivity contribution >= 4 is 17.8 Å². The third kappa shape index (κ3) is 5.14. The molecule has 90 valence electrons. The molecule has 0 heterocycles. The number of hydrogen-bond donors (Lipinski definition) is 3. The molecule has 0 fully saturated rings. The monoisotopic (exact) mass is 228 g/mol. The van der Waals surface area contributed by atoms with Gasteiger partial charge in [-0.1, -0.05) is 6.58 Å². The summed E-state index contributed by atoms with van der Waals surface area (Å²) in [6, 6.07) is 0. The second kappa shape index (κ2) is 5.89. The molecular formula is C10H16N2O4. The fourth-order valence-corrected chi connectivity index (χ4v) is 0.920. The third-order valence-electron chi connectivity index (χ3n) is 1.81. The maximum atomic E-state index is 11.5. The first kappa shape index (κ1) is 14.2. The van der Waals surface area contributed by atoms with Gasteiger partial charge in [-0.2, -0.15) is 0 Å². The highest BCUT2D eigenvalue weighted by atomic mass is 16.4. The van der Waals surface area contributed by atoms with E-state index in [4.69, 9.17) is 5.11 Å². The predicted octanol–water partition coefficient (Wildman–Crippen LogP) is -0.342. The molecule has 6 nitrogen and oxygen atoms in total. The van der Waals surface area contributed by atoms with E-state index in [1.54, 1.807) is 0 Å². The molecule has 0 bridgehead atoms. The van der Waals surface area contributed by atoms with E-state index in [1.807, 2.05) is 0 Å². The maximum Gasteiger partial charge on any atom is 0.305 e. The van der Waals surface area contributed by atoms with Gasteiger partial charge < -0.3 is 15.7 Å². The molecule has 0 aromatic carbocycles. The summed E-state index contributed by atoms with van der Waals surface area (Å²) in [7, 11) is 0. The summed E-state index contributed by atoms with van der Waals surface area (Å²) in [4.78, 5) is 32.8. The summed E-state index contributed by atoms with van der Waals surface area (Å²) in [5, 5.41) is 13.2. The predicted molar refractivity (Wildman–Crippen MR) is 57.7 cm³/mol. The van der Waals surface area contributed by atoms with Gasteiger partial charge in [-0.05, 0) is 19.9 Å². The van der Waals surface area contributed by atoms with Crippen molar-refractivity contribution < 1.29 is 19.5 Å². The van der Waals surface area contributed by atoms with Crippen LogP contribution in [0.5, 0.6) is 0 Å². The fourth-order valence-electron chi connectivity index (χ4n) is 0.920. The number of hydrogen-bond acceptors (Lipinski definition) is 3. The lowest BCUT2D eigenvalue weighted by atomic mass is 10.0. The molecule has 16 heavy (non-hydrogen) atoms. The van der Waals surface area contributed by atoms with Gasteiger partial charge in [0.1, 0.15) is 5.54 Å². The highest BCUT2D eigenvalue weighted by Gasteiger charge is 2.28. The first-order valence-corrected chi connectivity index (χ1v) is 4.74. The van der Waals surface area contributed by atoms with Crippen molar-refractivity contribution in [1.82, 2.24) is 10.6 Å². The summed E-state index contributed by atoms with van der Waals surface area (Å²) in [5.41, 5.74) is -1.09. The molecule has 0 atom stereocenters. The van der Waals surface area contributed by atoms with Crippen molar-refractivity contribution in [3.05, 3.63) is 12.7 Å². The Bertz CT molecular complexity index is 310. The van der Waals surface area contributed by atoms with E-state index in [9.17, 15) is 14.4 Å². The number of aliphatic carboxylic acids is 1. The number of carboxylic acid groups (broad SMARTS) is 1. The first-order valence-electron chi connectivity index (χ1n) is 4.74. The second-order valence-corrected chi connectivity index (χ2v) is 3.72. The van der Waals surface area contributed by atoms with E-state index < -0.39 is 23.3 Å². The van der Waals surface area contributed by atoms with Crippen LogP contribution in [0.4, 0.5) is 0 Å². The summed E-state index contributed by atoms with van der Waals surface area (Å²) < 4.78 is 0. The normalized spacial score (nSPS) is 10.4. The van der Waals surface area contributed by atoms with Crippen LogP contribution in [0.2, 0.25) is 0 Å². The maximum absolute atomic E-state index is 11.5. The average Bonchev–Trinajstić information content (AvgIpc) is 2.16. The van der Waals surface area contributed by atoms with E-state index in [1.165, 1.54) is 13.8 Å². The van der Waals surface area contributed by atoms with Crippen LogP contribution in [0.25, 0.3) is 0 Å². The lowest BCUT2D eigenvalue weighted by molar-refractivity contribution is -0.137. The van der Waals surface area contributed by atoms with Crippen molar-refractivity contribution in [1.29, 1.82) is 0 Å². The van der Waals surface area contributed by atoms with E-state index in [0.717, 1.165) is 6.08 Å². The van der Waals surface area contributed by atoms with Crippen LogP contribution in [-0.2, 0) is 14.4 Å². The molecule has 0 saturated carbocycles. The fraction of sp³-hybridized carbons (Fsp3) is 0.500. The highest BCUT2D eigenvalue weighted by molar-refractivity contribution is 5.94. The van der Waals surface area contributed by atoms with Gasteiger partial charge in [0, 0.05) is 6.54 Å². The molecule has 2 amide bonds. The van der Waals surface area contributed by atoms with Crippen molar-refractivity contribution in [2.45, 2.75) is 25.8 Å². The molecule has 0 aliphatic carbocycles. The second-order valence-electron chi connectivity index (χ2n) is 3.72. The van der Waals surface area contributed by atoms with Gasteiger partial charge in [-0.15, -0.1) is 0 Å². The minimum atomic E-state index is -1.09. The molecule has 3 N–H and O–H groups in total. The van der Waals surface area contributed by atoms with Crippen LogP contribution in [0, 0.1) is 0 Å².